The molecule has 5 nitrogen and oxygen atoms in total. The summed E-state index contributed by atoms with van der Waals surface area (Å²) in [5, 5.41) is 3.06. The van der Waals surface area contributed by atoms with E-state index in [0.29, 0.717) is 19.0 Å². The lowest BCUT2D eigenvalue weighted by Gasteiger charge is -2.30. The van der Waals surface area contributed by atoms with E-state index in [1.54, 1.807) is 0 Å². The molecular formula is C16H34N4O. The lowest BCUT2D eigenvalue weighted by Crippen LogP contribution is -2.45. The standard InChI is InChI=1S/C16H34N4O/c1-4-19(5-2)10-7-11-20(6-3)15(13-17)12-16(21)18-14-8-9-14/h14-15H,4-13,17H2,1-3H3,(H,18,21). The van der Waals surface area contributed by atoms with Gasteiger partial charge in [-0.2, -0.15) is 0 Å². The highest BCUT2D eigenvalue weighted by Crippen LogP contribution is 2.19. The van der Waals surface area contributed by atoms with Crippen LogP contribution in [0.15, 0.2) is 0 Å². The van der Waals surface area contributed by atoms with Crippen molar-refractivity contribution in [3.05, 3.63) is 0 Å². The summed E-state index contributed by atoms with van der Waals surface area (Å²) >= 11 is 0. The van der Waals surface area contributed by atoms with Crippen molar-refractivity contribution >= 4 is 5.91 Å². The van der Waals surface area contributed by atoms with Gasteiger partial charge in [-0.25, -0.2) is 0 Å². The molecular weight excluding hydrogens is 264 g/mol. The van der Waals surface area contributed by atoms with Crippen LogP contribution in [0.25, 0.3) is 0 Å². The van der Waals surface area contributed by atoms with Gasteiger partial charge < -0.3 is 16.0 Å². The molecule has 1 aliphatic rings. The molecule has 0 radical (unpaired) electrons. The lowest BCUT2D eigenvalue weighted by atomic mass is 10.1. The predicted molar refractivity (Wildman–Crippen MR) is 88.3 cm³/mol. The number of rotatable bonds is 12. The number of hydrogen-bond donors (Lipinski definition) is 2. The van der Waals surface area contributed by atoms with Crippen molar-refractivity contribution in [3.8, 4) is 0 Å². The molecule has 21 heavy (non-hydrogen) atoms. The van der Waals surface area contributed by atoms with E-state index in [2.05, 4.69) is 35.9 Å². The molecule has 1 unspecified atom stereocenters. The summed E-state index contributed by atoms with van der Waals surface area (Å²) in [5.74, 6) is 0.162. The van der Waals surface area contributed by atoms with E-state index in [1.165, 1.54) is 0 Å². The molecule has 0 saturated heterocycles. The first kappa shape index (κ1) is 18.4. The summed E-state index contributed by atoms with van der Waals surface area (Å²) in [6.45, 7) is 12.4. The number of carbonyl (C=O) groups excluding carboxylic acids is 1. The van der Waals surface area contributed by atoms with Crippen LogP contribution in [0.3, 0.4) is 0 Å². The Morgan fingerprint density at radius 1 is 1.19 bits per heavy atom. The Balaban J connectivity index is 2.33. The molecule has 3 N–H and O–H groups in total. The minimum Gasteiger partial charge on any atom is -0.353 e. The smallest absolute Gasteiger partial charge is 0.221 e. The van der Waals surface area contributed by atoms with Crippen molar-refractivity contribution in [1.82, 2.24) is 15.1 Å². The van der Waals surface area contributed by atoms with E-state index in [-0.39, 0.29) is 11.9 Å². The SMILES string of the molecule is CCN(CC)CCCN(CC)C(CN)CC(=O)NC1CC1. The van der Waals surface area contributed by atoms with E-state index >= 15 is 0 Å². The molecule has 1 rings (SSSR count). The zero-order valence-corrected chi connectivity index (χ0v) is 14.1. The van der Waals surface area contributed by atoms with Crippen LogP contribution in [0.5, 0.6) is 0 Å². The van der Waals surface area contributed by atoms with Gasteiger partial charge in [0.15, 0.2) is 0 Å². The van der Waals surface area contributed by atoms with E-state index in [0.717, 1.165) is 52.0 Å². The molecule has 1 fully saturated rings. The molecule has 0 spiro atoms. The first-order chi connectivity index (χ1) is 10.1. The minimum atomic E-state index is 0.162. The topological polar surface area (TPSA) is 61.6 Å². The van der Waals surface area contributed by atoms with Crippen LogP contribution in [0.1, 0.15) is 46.5 Å². The van der Waals surface area contributed by atoms with Gasteiger partial charge in [0.2, 0.25) is 5.91 Å². The monoisotopic (exact) mass is 298 g/mol. The molecule has 0 aromatic rings. The molecule has 0 aliphatic heterocycles. The number of hydrogen-bond acceptors (Lipinski definition) is 4. The van der Waals surface area contributed by atoms with Gasteiger partial charge in [-0.15, -0.1) is 0 Å². The van der Waals surface area contributed by atoms with Gasteiger partial charge in [0.25, 0.3) is 0 Å². The van der Waals surface area contributed by atoms with Gasteiger partial charge >= 0.3 is 0 Å². The predicted octanol–water partition coefficient (Wildman–Crippen LogP) is 1.04. The Labute approximate surface area is 130 Å². The number of likely N-dealkylation sites (N-methyl/N-ethyl adjacent to an activating group) is 1. The van der Waals surface area contributed by atoms with E-state index in [1.807, 2.05) is 0 Å². The Bertz CT molecular complexity index is 290. The zero-order valence-electron chi connectivity index (χ0n) is 14.1. The molecule has 5 heteroatoms. The van der Waals surface area contributed by atoms with Crippen LogP contribution >= 0.6 is 0 Å². The summed E-state index contributed by atoms with van der Waals surface area (Å²) in [6.07, 6.45) is 3.95. The maximum atomic E-state index is 12.0. The van der Waals surface area contributed by atoms with Crippen molar-refractivity contribution in [2.24, 2.45) is 5.73 Å². The number of nitrogens with one attached hydrogen (secondary N) is 1. The second-order valence-electron chi connectivity index (χ2n) is 5.94. The largest absolute Gasteiger partial charge is 0.353 e. The third-order valence-corrected chi connectivity index (χ3v) is 4.37. The molecule has 0 aromatic heterocycles. The first-order valence-electron chi connectivity index (χ1n) is 8.60. The molecule has 0 aromatic carbocycles. The molecule has 0 heterocycles. The maximum absolute atomic E-state index is 12.0. The van der Waals surface area contributed by atoms with Crippen LogP contribution in [0, 0.1) is 0 Å². The van der Waals surface area contributed by atoms with E-state index < -0.39 is 0 Å². The third-order valence-electron chi connectivity index (χ3n) is 4.37. The molecule has 1 saturated carbocycles. The Morgan fingerprint density at radius 3 is 2.33 bits per heavy atom. The minimum absolute atomic E-state index is 0.162. The normalized spacial score (nSPS) is 16.5. The molecule has 0 bridgehead atoms. The second-order valence-corrected chi connectivity index (χ2v) is 5.94. The van der Waals surface area contributed by atoms with Crippen molar-refractivity contribution in [2.75, 3.05) is 39.3 Å². The fraction of sp³-hybridized carbons (Fsp3) is 0.938. The number of amides is 1. The van der Waals surface area contributed by atoms with Gasteiger partial charge in [-0.1, -0.05) is 20.8 Å². The van der Waals surface area contributed by atoms with Gasteiger partial charge in [-0.3, -0.25) is 9.69 Å². The van der Waals surface area contributed by atoms with Crippen molar-refractivity contribution in [2.45, 2.75) is 58.5 Å². The van der Waals surface area contributed by atoms with Gasteiger partial charge in [0.1, 0.15) is 0 Å². The van der Waals surface area contributed by atoms with Crippen LogP contribution in [-0.4, -0.2) is 67.1 Å². The summed E-state index contributed by atoms with van der Waals surface area (Å²) < 4.78 is 0. The molecule has 124 valence electrons. The molecule has 1 aliphatic carbocycles. The highest BCUT2D eigenvalue weighted by Gasteiger charge is 2.25. The highest BCUT2D eigenvalue weighted by molar-refractivity contribution is 5.77. The Morgan fingerprint density at radius 2 is 1.86 bits per heavy atom. The van der Waals surface area contributed by atoms with Gasteiger partial charge in [0.05, 0.1) is 0 Å². The summed E-state index contributed by atoms with van der Waals surface area (Å²) in [4.78, 5) is 16.7. The number of nitrogens with two attached hydrogens (primary N) is 1. The zero-order chi connectivity index (χ0) is 15.7. The van der Waals surface area contributed by atoms with E-state index in [4.69, 9.17) is 5.73 Å². The number of carbonyl (C=O) groups is 1. The van der Waals surface area contributed by atoms with Crippen molar-refractivity contribution in [3.63, 3.8) is 0 Å². The van der Waals surface area contributed by atoms with Crippen LogP contribution < -0.4 is 11.1 Å². The Hall–Kier alpha value is -0.650. The van der Waals surface area contributed by atoms with Crippen LogP contribution in [-0.2, 0) is 4.79 Å². The highest BCUT2D eigenvalue weighted by atomic mass is 16.1. The average Bonchev–Trinajstić information content (AvgIpc) is 3.29. The Kier molecular flexibility index (Phi) is 8.88. The fourth-order valence-corrected chi connectivity index (χ4v) is 2.73. The van der Waals surface area contributed by atoms with E-state index in [9.17, 15) is 4.79 Å². The summed E-state index contributed by atoms with van der Waals surface area (Å²) in [5.41, 5.74) is 5.90. The molecule has 1 atom stereocenters. The summed E-state index contributed by atoms with van der Waals surface area (Å²) in [6, 6.07) is 0.610. The van der Waals surface area contributed by atoms with Crippen LogP contribution in [0.2, 0.25) is 0 Å². The van der Waals surface area contributed by atoms with Gasteiger partial charge in [0, 0.05) is 25.0 Å². The first-order valence-corrected chi connectivity index (χ1v) is 8.60. The average molecular weight is 298 g/mol. The summed E-state index contributed by atoms with van der Waals surface area (Å²) in [7, 11) is 0. The lowest BCUT2D eigenvalue weighted by molar-refractivity contribution is -0.122. The van der Waals surface area contributed by atoms with Crippen LogP contribution in [0.4, 0.5) is 0 Å². The number of nitrogens with zero attached hydrogens (tertiary/aromatic N) is 2. The maximum Gasteiger partial charge on any atom is 0.221 e. The second kappa shape index (κ2) is 10.1. The molecule has 1 amide bonds. The fourth-order valence-electron chi connectivity index (χ4n) is 2.73. The quantitative estimate of drug-likeness (QED) is 0.565. The van der Waals surface area contributed by atoms with Crippen molar-refractivity contribution < 1.29 is 4.79 Å². The van der Waals surface area contributed by atoms with Crippen molar-refractivity contribution in [1.29, 1.82) is 0 Å². The van der Waals surface area contributed by atoms with Gasteiger partial charge in [-0.05, 0) is 52.0 Å². The third kappa shape index (κ3) is 7.25.